The Kier molecular flexibility index (Phi) is 2.91. The van der Waals surface area contributed by atoms with Gasteiger partial charge in [-0.1, -0.05) is 0 Å². The first-order chi connectivity index (χ1) is 8.88. The number of H-pyrrole nitrogens is 1. The summed E-state index contributed by atoms with van der Waals surface area (Å²) in [5.74, 6) is -2.22. The predicted molar refractivity (Wildman–Crippen MR) is 63.1 cm³/mol. The highest BCUT2D eigenvalue weighted by molar-refractivity contribution is 5.92. The molecule has 0 atom stereocenters. The van der Waals surface area contributed by atoms with E-state index in [1.165, 1.54) is 6.92 Å². The van der Waals surface area contributed by atoms with E-state index in [0.29, 0.717) is 0 Å². The summed E-state index contributed by atoms with van der Waals surface area (Å²) in [5.41, 5.74) is -1.15. The first kappa shape index (κ1) is 12.6. The number of carbonyl (C=O) groups is 1. The number of nitrogens with zero attached hydrogens (tertiary/aromatic N) is 2. The number of carboxylic acid groups (broad SMARTS) is 1. The second-order valence-corrected chi connectivity index (χ2v) is 3.75. The SMILES string of the molecule is Cc1nc(-c2cc(O)c(C(=O)O)cc2O)nc(=O)[nH]1. The number of benzene rings is 1. The lowest BCUT2D eigenvalue weighted by Crippen LogP contribution is -2.14. The molecule has 0 aliphatic heterocycles. The normalized spacial score (nSPS) is 10.4. The van der Waals surface area contributed by atoms with Crippen LogP contribution < -0.4 is 5.69 Å². The fourth-order valence-electron chi connectivity index (χ4n) is 1.54. The van der Waals surface area contributed by atoms with Gasteiger partial charge in [0.2, 0.25) is 0 Å². The monoisotopic (exact) mass is 263 g/mol. The molecule has 0 fully saturated rings. The number of rotatable bonds is 2. The molecule has 8 nitrogen and oxygen atoms in total. The van der Waals surface area contributed by atoms with Crippen LogP contribution in [0.25, 0.3) is 11.4 Å². The second kappa shape index (κ2) is 4.41. The predicted octanol–water partition coefficient (Wildman–Crippen LogP) is 0.250. The zero-order valence-electron chi connectivity index (χ0n) is 9.71. The molecule has 19 heavy (non-hydrogen) atoms. The summed E-state index contributed by atoms with van der Waals surface area (Å²) in [5, 5.41) is 28.1. The number of aromatic hydroxyl groups is 2. The number of aromatic carboxylic acids is 1. The molecule has 0 spiro atoms. The zero-order valence-corrected chi connectivity index (χ0v) is 9.71. The third kappa shape index (κ3) is 2.37. The van der Waals surface area contributed by atoms with Gasteiger partial charge in [0.25, 0.3) is 0 Å². The average molecular weight is 263 g/mol. The van der Waals surface area contributed by atoms with Gasteiger partial charge in [0, 0.05) is 0 Å². The quantitative estimate of drug-likeness (QED) is 0.570. The molecule has 0 saturated heterocycles. The number of carboxylic acids is 1. The molecule has 0 saturated carbocycles. The van der Waals surface area contributed by atoms with Crippen molar-refractivity contribution in [3.63, 3.8) is 0 Å². The third-order valence-corrected chi connectivity index (χ3v) is 2.35. The summed E-state index contributed by atoms with van der Waals surface area (Å²) in [6.45, 7) is 1.52. The maximum atomic E-state index is 11.2. The first-order valence-corrected chi connectivity index (χ1v) is 5.13. The van der Waals surface area contributed by atoms with Crippen LogP contribution in [0.5, 0.6) is 11.5 Å². The lowest BCUT2D eigenvalue weighted by Gasteiger charge is -2.06. The summed E-state index contributed by atoms with van der Waals surface area (Å²) >= 11 is 0. The molecular weight excluding hydrogens is 254 g/mol. The molecule has 0 unspecified atom stereocenters. The van der Waals surface area contributed by atoms with Crippen LogP contribution in [0.15, 0.2) is 16.9 Å². The molecule has 2 aromatic rings. The Morgan fingerprint density at radius 2 is 1.89 bits per heavy atom. The van der Waals surface area contributed by atoms with Crippen molar-refractivity contribution in [2.45, 2.75) is 6.92 Å². The maximum absolute atomic E-state index is 11.2. The van der Waals surface area contributed by atoms with Crippen LogP contribution in [0.1, 0.15) is 16.2 Å². The Bertz CT molecular complexity index is 723. The lowest BCUT2D eigenvalue weighted by atomic mass is 10.1. The van der Waals surface area contributed by atoms with Crippen molar-refractivity contribution in [3.05, 3.63) is 34.0 Å². The van der Waals surface area contributed by atoms with Gasteiger partial charge in [0.1, 0.15) is 22.9 Å². The fourth-order valence-corrected chi connectivity index (χ4v) is 1.54. The summed E-state index contributed by atoms with van der Waals surface area (Å²) in [6.07, 6.45) is 0. The van der Waals surface area contributed by atoms with E-state index >= 15 is 0 Å². The molecule has 0 amide bonds. The van der Waals surface area contributed by atoms with E-state index in [1.807, 2.05) is 0 Å². The molecule has 1 aromatic carbocycles. The fraction of sp³-hybridized carbons (Fsp3) is 0.0909. The molecule has 8 heteroatoms. The molecule has 0 aliphatic carbocycles. The number of phenolic OH excluding ortho intramolecular Hbond substituents is 1. The molecule has 0 bridgehead atoms. The topological polar surface area (TPSA) is 136 Å². The number of aromatic nitrogens is 3. The summed E-state index contributed by atoms with van der Waals surface area (Å²) in [7, 11) is 0. The van der Waals surface area contributed by atoms with Crippen molar-refractivity contribution < 1.29 is 20.1 Å². The van der Waals surface area contributed by atoms with Gasteiger partial charge in [-0.15, -0.1) is 0 Å². The van der Waals surface area contributed by atoms with Crippen molar-refractivity contribution in [1.29, 1.82) is 0 Å². The van der Waals surface area contributed by atoms with Gasteiger partial charge >= 0.3 is 11.7 Å². The standard InChI is InChI=1S/C11H9N3O5/c1-4-12-9(14-11(19)13-4)5-2-8(16)6(10(17)18)3-7(5)15/h2-3,15-16H,1H3,(H,17,18)(H,12,13,14,19). The molecule has 98 valence electrons. The maximum Gasteiger partial charge on any atom is 0.348 e. The van der Waals surface area contributed by atoms with Gasteiger partial charge in [-0.2, -0.15) is 4.98 Å². The Morgan fingerprint density at radius 3 is 2.47 bits per heavy atom. The van der Waals surface area contributed by atoms with Crippen molar-refractivity contribution >= 4 is 5.97 Å². The van der Waals surface area contributed by atoms with Crippen LogP contribution in [0, 0.1) is 6.92 Å². The molecule has 1 aromatic heterocycles. The van der Waals surface area contributed by atoms with Crippen LogP contribution in [-0.4, -0.2) is 36.2 Å². The highest BCUT2D eigenvalue weighted by Crippen LogP contribution is 2.32. The van der Waals surface area contributed by atoms with Gasteiger partial charge in [-0.25, -0.2) is 14.6 Å². The third-order valence-electron chi connectivity index (χ3n) is 2.35. The average Bonchev–Trinajstić information content (AvgIpc) is 2.30. The van der Waals surface area contributed by atoms with Gasteiger partial charge < -0.3 is 15.3 Å². The minimum absolute atomic E-state index is 0.0308. The van der Waals surface area contributed by atoms with Crippen LogP contribution in [0.3, 0.4) is 0 Å². The van der Waals surface area contributed by atoms with Crippen LogP contribution in [-0.2, 0) is 0 Å². The molecule has 0 aliphatic rings. The Labute approximate surface area is 106 Å². The smallest absolute Gasteiger partial charge is 0.348 e. The number of hydrogen-bond donors (Lipinski definition) is 4. The van der Waals surface area contributed by atoms with Crippen molar-refractivity contribution in [2.75, 3.05) is 0 Å². The van der Waals surface area contributed by atoms with Gasteiger partial charge in [0.15, 0.2) is 5.82 Å². The molecule has 2 rings (SSSR count). The molecular formula is C11H9N3O5. The highest BCUT2D eigenvalue weighted by atomic mass is 16.4. The Balaban J connectivity index is 2.66. The number of nitrogens with one attached hydrogen (secondary N) is 1. The van der Waals surface area contributed by atoms with Crippen molar-refractivity contribution in [1.82, 2.24) is 15.0 Å². The summed E-state index contributed by atoms with van der Waals surface area (Å²) in [6, 6.07) is 1.86. The summed E-state index contributed by atoms with van der Waals surface area (Å²) < 4.78 is 0. The van der Waals surface area contributed by atoms with Crippen LogP contribution in [0.2, 0.25) is 0 Å². The van der Waals surface area contributed by atoms with E-state index in [9.17, 15) is 19.8 Å². The van der Waals surface area contributed by atoms with E-state index in [0.717, 1.165) is 12.1 Å². The number of aromatic amines is 1. The number of hydrogen-bond acceptors (Lipinski definition) is 6. The van der Waals surface area contributed by atoms with Crippen molar-refractivity contribution in [3.8, 4) is 22.9 Å². The first-order valence-electron chi connectivity index (χ1n) is 5.13. The number of phenols is 2. The van der Waals surface area contributed by atoms with Gasteiger partial charge in [-0.3, -0.25) is 4.98 Å². The summed E-state index contributed by atoms with van der Waals surface area (Å²) in [4.78, 5) is 31.7. The van der Waals surface area contributed by atoms with Gasteiger partial charge in [0.05, 0.1) is 5.56 Å². The Morgan fingerprint density at radius 1 is 1.21 bits per heavy atom. The van der Waals surface area contributed by atoms with Crippen molar-refractivity contribution in [2.24, 2.45) is 0 Å². The van der Waals surface area contributed by atoms with E-state index in [2.05, 4.69) is 15.0 Å². The van der Waals surface area contributed by atoms with E-state index in [4.69, 9.17) is 5.11 Å². The minimum Gasteiger partial charge on any atom is -0.507 e. The van der Waals surface area contributed by atoms with E-state index in [1.54, 1.807) is 0 Å². The van der Waals surface area contributed by atoms with Crippen LogP contribution in [0.4, 0.5) is 0 Å². The minimum atomic E-state index is -1.39. The van der Waals surface area contributed by atoms with E-state index in [-0.39, 0.29) is 17.2 Å². The highest BCUT2D eigenvalue weighted by Gasteiger charge is 2.17. The van der Waals surface area contributed by atoms with Gasteiger partial charge in [-0.05, 0) is 19.1 Å². The number of aryl methyl sites for hydroxylation is 1. The molecule has 1 heterocycles. The molecule has 0 radical (unpaired) electrons. The second-order valence-electron chi connectivity index (χ2n) is 3.75. The Hall–Kier alpha value is -2.90. The largest absolute Gasteiger partial charge is 0.507 e. The molecule has 4 N–H and O–H groups in total. The van der Waals surface area contributed by atoms with E-state index < -0.39 is 28.7 Å². The zero-order chi connectivity index (χ0) is 14.2. The lowest BCUT2D eigenvalue weighted by molar-refractivity contribution is 0.0693. The van der Waals surface area contributed by atoms with Crippen LogP contribution >= 0.6 is 0 Å².